The molecule has 5 heteroatoms. The minimum absolute atomic E-state index is 0.0202. The molecule has 1 heterocycles. The first-order valence-electron chi connectivity index (χ1n) is 4.70. The van der Waals surface area contributed by atoms with E-state index in [4.69, 9.17) is 11.6 Å². The Bertz CT molecular complexity index is 476. The van der Waals surface area contributed by atoms with Gasteiger partial charge in [-0.2, -0.15) is 0 Å². The fraction of sp³-hybridized carbons (Fsp3) is 0.182. The highest BCUT2D eigenvalue weighted by Crippen LogP contribution is 2.15. The molecule has 0 amide bonds. The highest BCUT2D eigenvalue weighted by Gasteiger charge is 2.10. The molecule has 2 rings (SSSR count). The Morgan fingerprint density at radius 3 is 2.56 bits per heavy atom. The molecular weight excluding hydrogens is 234 g/mol. The second-order valence-electron chi connectivity index (χ2n) is 3.35. The van der Waals surface area contributed by atoms with Gasteiger partial charge >= 0.3 is 0 Å². The molecule has 0 aliphatic heterocycles. The summed E-state index contributed by atoms with van der Waals surface area (Å²) < 4.78 is 28.4. The van der Waals surface area contributed by atoms with E-state index in [0.29, 0.717) is 0 Å². The van der Waals surface area contributed by atoms with Crippen molar-refractivity contribution in [2.24, 2.45) is 0 Å². The smallest absolute Gasteiger partial charge is 0.131 e. The zero-order chi connectivity index (χ0) is 11.5. The number of benzene rings is 1. The summed E-state index contributed by atoms with van der Waals surface area (Å²) in [5.74, 6) is -0.862. The van der Waals surface area contributed by atoms with Gasteiger partial charge in [0.15, 0.2) is 0 Å². The van der Waals surface area contributed by atoms with Crippen LogP contribution in [0.2, 0.25) is 0 Å². The summed E-state index contributed by atoms with van der Waals surface area (Å²) in [7, 11) is 0. The topological polar surface area (TPSA) is 17.8 Å². The van der Waals surface area contributed by atoms with Crippen LogP contribution in [0.3, 0.4) is 0 Å². The predicted molar refractivity (Wildman–Crippen MR) is 57.2 cm³/mol. The fourth-order valence-corrected chi connectivity index (χ4v) is 1.68. The van der Waals surface area contributed by atoms with Crippen LogP contribution in [0.25, 0.3) is 0 Å². The SMILES string of the molecule is Fc1cccc(F)c1Cn1cncc1CCl. The van der Waals surface area contributed by atoms with Gasteiger partial charge in [0.05, 0.1) is 24.4 Å². The lowest BCUT2D eigenvalue weighted by Gasteiger charge is -2.08. The van der Waals surface area contributed by atoms with Crippen molar-refractivity contribution in [1.29, 1.82) is 0 Å². The molecule has 16 heavy (non-hydrogen) atoms. The van der Waals surface area contributed by atoms with Crippen molar-refractivity contribution in [3.8, 4) is 0 Å². The molecule has 0 atom stereocenters. The normalized spacial score (nSPS) is 10.7. The average Bonchev–Trinajstić information content (AvgIpc) is 2.71. The molecule has 0 saturated carbocycles. The Balaban J connectivity index is 2.34. The van der Waals surface area contributed by atoms with Gasteiger partial charge in [-0.25, -0.2) is 13.8 Å². The van der Waals surface area contributed by atoms with Gasteiger partial charge in [-0.05, 0) is 12.1 Å². The monoisotopic (exact) mass is 242 g/mol. The maximum Gasteiger partial charge on any atom is 0.131 e. The molecule has 0 unspecified atom stereocenters. The van der Waals surface area contributed by atoms with Crippen molar-refractivity contribution in [2.45, 2.75) is 12.4 Å². The van der Waals surface area contributed by atoms with Crippen molar-refractivity contribution >= 4 is 11.6 Å². The van der Waals surface area contributed by atoms with Crippen LogP contribution >= 0.6 is 11.6 Å². The third-order valence-electron chi connectivity index (χ3n) is 2.33. The number of halogens is 3. The summed E-state index contributed by atoms with van der Waals surface area (Å²) in [4.78, 5) is 3.88. The summed E-state index contributed by atoms with van der Waals surface area (Å²) in [5.41, 5.74) is 0.746. The maximum atomic E-state index is 13.4. The molecule has 0 N–H and O–H groups in total. The number of alkyl halides is 1. The molecule has 0 aliphatic carbocycles. The van der Waals surface area contributed by atoms with Crippen LogP contribution in [0.1, 0.15) is 11.3 Å². The van der Waals surface area contributed by atoms with Crippen LogP contribution in [0, 0.1) is 11.6 Å². The van der Waals surface area contributed by atoms with Crippen LogP contribution in [0.5, 0.6) is 0 Å². The number of imidazole rings is 1. The number of hydrogen-bond donors (Lipinski definition) is 0. The number of hydrogen-bond acceptors (Lipinski definition) is 1. The number of nitrogens with zero attached hydrogens (tertiary/aromatic N) is 2. The van der Waals surface area contributed by atoms with Gasteiger partial charge < -0.3 is 4.57 Å². The van der Waals surface area contributed by atoms with Gasteiger partial charge in [0.25, 0.3) is 0 Å². The van der Waals surface area contributed by atoms with E-state index >= 15 is 0 Å². The van der Waals surface area contributed by atoms with Gasteiger partial charge in [-0.1, -0.05) is 6.07 Å². The zero-order valence-electron chi connectivity index (χ0n) is 8.33. The van der Waals surface area contributed by atoms with E-state index in [9.17, 15) is 8.78 Å². The Kier molecular flexibility index (Phi) is 3.19. The fourth-order valence-electron chi connectivity index (χ4n) is 1.46. The van der Waals surface area contributed by atoms with Gasteiger partial charge in [0.1, 0.15) is 11.6 Å². The average molecular weight is 243 g/mol. The third-order valence-corrected chi connectivity index (χ3v) is 2.60. The van der Waals surface area contributed by atoms with E-state index in [1.165, 1.54) is 24.5 Å². The molecule has 84 valence electrons. The lowest BCUT2D eigenvalue weighted by Crippen LogP contribution is -2.06. The quantitative estimate of drug-likeness (QED) is 0.757. The molecule has 0 fully saturated rings. The highest BCUT2D eigenvalue weighted by atomic mass is 35.5. The van der Waals surface area contributed by atoms with Crippen LogP contribution in [-0.4, -0.2) is 9.55 Å². The largest absolute Gasteiger partial charge is 0.329 e. The van der Waals surface area contributed by atoms with Gasteiger partial charge in [0, 0.05) is 11.8 Å². The highest BCUT2D eigenvalue weighted by molar-refractivity contribution is 6.16. The first-order chi connectivity index (χ1) is 7.72. The Morgan fingerprint density at radius 1 is 1.25 bits per heavy atom. The number of rotatable bonds is 3. The summed E-state index contributed by atoms with van der Waals surface area (Å²) in [6, 6.07) is 3.80. The Morgan fingerprint density at radius 2 is 1.94 bits per heavy atom. The van der Waals surface area contributed by atoms with E-state index in [0.717, 1.165) is 5.69 Å². The van der Waals surface area contributed by atoms with Gasteiger partial charge in [-0.15, -0.1) is 11.6 Å². The standard InChI is InChI=1S/C11H9ClF2N2/c12-4-8-5-15-7-16(8)6-9-10(13)2-1-3-11(9)14/h1-3,5,7H,4,6H2. The van der Waals surface area contributed by atoms with Crippen LogP contribution < -0.4 is 0 Å². The van der Waals surface area contributed by atoms with Crippen molar-refractivity contribution in [3.05, 3.63) is 53.6 Å². The predicted octanol–water partition coefficient (Wildman–Crippen LogP) is 2.95. The van der Waals surface area contributed by atoms with Gasteiger partial charge in [-0.3, -0.25) is 0 Å². The van der Waals surface area contributed by atoms with E-state index in [1.807, 2.05) is 0 Å². The van der Waals surface area contributed by atoms with Crippen molar-refractivity contribution in [3.63, 3.8) is 0 Å². The molecule has 0 aliphatic rings. The summed E-state index contributed by atoms with van der Waals surface area (Å²) >= 11 is 5.67. The van der Waals surface area contributed by atoms with Crippen molar-refractivity contribution < 1.29 is 8.78 Å². The first kappa shape index (κ1) is 11.1. The van der Waals surface area contributed by atoms with E-state index < -0.39 is 11.6 Å². The number of aromatic nitrogens is 2. The maximum absolute atomic E-state index is 13.4. The summed E-state index contributed by atoms with van der Waals surface area (Å²) in [6.07, 6.45) is 3.08. The van der Waals surface area contributed by atoms with E-state index in [-0.39, 0.29) is 18.0 Å². The lowest BCUT2D eigenvalue weighted by molar-refractivity contribution is 0.542. The minimum Gasteiger partial charge on any atom is -0.329 e. The Hall–Kier alpha value is -1.42. The summed E-state index contributed by atoms with van der Waals surface area (Å²) in [6.45, 7) is 0.0978. The molecule has 1 aromatic heterocycles. The summed E-state index contributed by atoms with van der Waals surface area (Å²) in [5, 5.41) is 0. The zero-order valence-corrected chi connectivity index (χ0v) is 9.09. The third kappa shape index (κ3) is 2.07. The van der Waals surface area contributed by atoms with Crippen LogP contribution in [-0.2, 0) is 12.4 Å². The van der Waals surface area contributed by atoms with Crippen LogP contribution in [0.15, 0.2) is 30.7 Å². The Labute approximate surface area is 96.5 Å². The second kappa shape index (κ2) is 4.61. The minimum atomic E-state index is -0.561. The molecule has 1 aromatic carbocycles. The molecular formula is C11H9ClF2N2. The lowest BCUT2D eigenvalue weighted by atomic mass is 10.2. The van der Waals surface area contributed by atoms with Crippen LogP contribution in [0.4, 0.5) is 8.78 Å². The molecule has 0 spiro atoms. The molecule has 2 nitrogen and oxygen atoms in total. The molecule has 2 aromatic rings. The molecule has 0 saturated heterocycles. The van der Waals surface area contributed by atoms with E-state index in [1.54, 1.807) is 10.8 Å². The van der Waals surface area contributed by atoms with Crippen molar-refractivity contribution in [1.82, 2.24) is 9.55 Å². The van der Waals surface area contributed by atoms with Crippen molar-refractivity contribution in [2.75, 3.05) is 0 Å². The second-order valence-corrected chi connectivity index (χ2v) is 3.61. The van der Waals surface area contributed by atoms with Gasteiger partial charge in [0.2, 0.25) is 0 Å². The molecule has 0 radical (unpaired) electrons. The van der Waals surface area contributed by atoms with E-state index in [2.05, 4.69) is 4.98 Å². The molecule has 0 bridgehead atoms. The first-order valence-corrected chi connectivity index (χ1v) is 5.23.